The number of anilines is 1. The molecule has 0 fully saturated rings. The van der Waals surface area contributed by atoms with Crippen LogP contribution >= 0.6 is 11.6 Å². The van der Waals surface area contributed by atoms with E-state index in [1.54, 1.807) is 17.9 Å². The number of benzene rings is 1. The van der Waals surface area contributed by atoms with Crippen LogP contribution in [0.15, 0.2) is 18.3 Å². The van der Waals surface area contributed by atoms with Crippen molar-refractivity contribution in [3.63, 3.8) is 0 Å². The molecule has 0 radical (unpaired) electrons. The van der Waals surface area contributed by atoms with Gasteiger partial charge in [0.05, 0.1) is 27.7 Å². The van der Waals surface area contributed by atoms with E-state index >= 15 is 0 Å². The van der Waals surface area contributed by atoms with E-state index in [2.05, 4.69) is 10.4 Å². The number of nitrogens with one attached hydrogen (secondary N) is 1. The SMILES string of the molecule is Cn1ncc2c1CCCC2Nc1cc(Cl)c(C(F)(F)F)cc1[N+](=O)[O-]. The molecule has 0 bridgehead atoms. The minimum Gasteiger partial charge on any atom is -0.373 e. The molecule has 0 amide bonds. The summed E-state index contributed by atoms with van der Waals surface area (Å²) in [6.07, 6.45) is -0.730. The Morgan fingerprint density at radius 3 is 2.80 bits per heavy atom. The average Bonchev–Trinajstić information content (AvgIpc) is 2.88. The second-order valence-electron chi connectivity index (χ2n) is 5.86. The molecule has 1 N–H and O–H groups in total. The van der Waals surface area contributed by atoms with E-state index in [1.165, 1.54) is 0 Å². The molecule has 6 nitrogen and oxygen atoms in total. The van der Waals surface area contributed by atoms with Crippen molar-refractivity contribution in [1.82, 2.24) is 9.78 Å². The van der Waals surface area contributed by atoms with Crippen LogP contribution in [0.1, 0.15) is 35.7 Å². The Hall–Kier alpha value is -2.29. The van der Waals surface area contributed by atoms with Gasteiger partial charge in [-0.25, -0.2) is 0 Å². The molecule has 1 atom stereocenters. The molecule has 1 aromatic carbocycles. The van der Waals surface area contributed by atoms with Crippen LogP contribution in [0.5, 0.6) is 0 Å². The van der Waals surface area contributed by atoms with E-state index < -0.39 is 27.4 Å². The van der Waals surface area contributed by atoms with Crippen LogP contribution in [0.25, 0.3) is 0 Å². The fourth-order valence-corrected chi connectivity index (χ4v) is 3.36. The van der Waals surface area contributed by atoms with Gasteiger partial charge in [0.25, 0.3) is 5.69 Å². The predicted molar refractivity (Wildman–Crippen MR) is 85.6 cm³/mol. The Labute approximate surface area is 145 Å². The summed E-state index contributed by atoms with van der Waals surface area (Å²) >= 11 is 5.71. The minimum atomic E-state index is -4.76. The van der Waals surface area contributed by atoms with Gasteiger partial charge in [-0.15, -0.1) is 0 Å². The lowest BCUT2D eigenvalue weighted by atomic mass is 9.92. The van der Waals surface area contributed by atoms with Crippen LogP contribution in [-0.2, 0) is 19.6 Å². The number of rotatable bonds is 3. The zero-order valence-corrected chi connectivity index (χ0v) is 13.9. The second-order valence-corrected chi connectivity index (χ2v) is 6.27. The molecule has 10 heteroatoms. The van der Waals surface area contributed by atoms with Crippen molar-refractivity contribution in [3.05, 3.63) is 50.3 Å². The summed E-state index contributed by atoms with van der Waals surface area (Å²) in [6, 6.07) is 1.16. The van der Waals surface area contributed by atoms with Gasteiger partial charge in [0.2, 0.25) is 0 Å². The summed E-state index contributed by atoms with van der Waals surface area (Å²) in [5.74, 6) is 0. The van der Waals surface area contributed by atoms with Crippen molar-refractivity contribution < 1.29 is 18.1 Å². The van der Waals surface area contributed by atoms with Crippen LogP contribution in [0, 0.1) is 10.1 Å². The number of fused-ring (bicyclic) bond motifs is 1. The second kappa shape index (κ2) is 6.21. The third-order valence-corrected chi connectivity index (χ3v) is 4.61. The number of aromatic nitrogens is 2. The highest BCUT2D eigenvalue weighted by molar-refractivity contribution is 6.31. The van der Waals surface area contributed by atoms with E-state index in [0.717, 1.165) is 30.2 Å². The van der Waals surface area contributed by atoms with Crippen LogP contribution in [-0.4, -0.2) is 14.7 Å². The summed E-state index contributed by atoms with van der Waals surface area (Å²) in [5, 5.41) is 17.8. The van der Waals surface area contributed by atoms with Gasteiger partial charge in [-0.05, 0) is 25.3 Å². The highest BCUT2D eigenvalue weighted by Gasteiger charge is 2.36. The molecule has 1 unspecified atom stereocenters. The smallest absolute Gasteiger partial charge is 0.373 e. The lowest BCUT2D eigenvalue weighted by molar-refractivity contribution is -0.384. The third kappa shape index (κ3) is 3.28. The molecule has 25 heavy (non-hydrogen) atoms. The summed E-state index contributed by atoms with van der Waals surface area (Å²) in [6.45, 7) is 0. The molecule has 1 aliphatic rings. The van der Waals surface area contributed by atoms with Crippen molar-refractivity contribution in [2.75, 3.05) is 5.32 Å². The maximum atomic E-state index is 12.9. The van der Waals surface area contributed by atoms with Crippen LogP contribution in [0.3, 0.4) is 0 Å². The molecule has 0 aliphatic heterocycles. The minimum absolute atomic E-state index is 0.0373. The molecular weight excluding hydrogens is 361 g/mol. The monoisotopic (exact) mass is 374 g/mol. The lowest BCUT2D eigenvalue weighted by Gasteiger charge is -2.25. The predicted octanol–water partition coefficient (Wildman–Crippen LogP) is 4.49. The Bertz CT molecular complexity index is 835. The molecule has 0 spiro atoms. The number of halogens is 4. The highest BCUT2D eigenvalue weighted by Crippen LogP contribution is 2.42. The fourth-order valence-electron chi connectivity index (χ4n) is 3.09. The van der Waals surface area contributed by atoms with Gasteiger partial charge in [0.15, 0.2) is 0 Å². The Morgan fingerprint density at radius 2 is 2.16 bits per heavy atom. The molecular formula is C15H14ClF3N4O2. The van der Waals surface area contributed by atoms with Crippen molar-refractivity contribution >= 4 is 23.0 Å². The number of aryl methyl sites for hydroxylation is 1. The molecule has 0 saturated heterocycles. The van der Waals surface area contributed by atoms with Gasteiger partial charge in [-0.2, -0.15) is 18.3 Å². The number of hydrogen-bond donors (Lipinski definition) is 1. The van der Waals surface area contributed by atoms with E-state index in [4.69, 9.17) is 11.6 Å². The van der Waals surface area contributed by atoms with Gasteiger partial charge < -0.3 is 5.32 Å². The highest BCUT2D eigenvalue weighted by atomic mass is 35.5. The number of hydrogen-bond acceptors (Lipinski definition) is 4. The molecule has 1 heterocycles. The Kier molecular flexibility index (Phi) is 4.36. The summed E-state index contributed by atoms with van der Waals surface area (Å²) < 4.78 is 40.6. The lowest BCUT2D eigenvalue weighted by Crippen LogP contribution is -2.18. The number of nitro groups is 1. The first-order chi connectivity index (χ1) is 11.7. The summed E-state index contributed by atoms with van der Waals surface area (Å²) in [7, 11) is 1.80. The molecule has 2 aromatic rings. The quantitative estimate of drug-likeness (QED) is 0.634. The number of nitrogens with zero attached hydrogens (tertiary/aromatic N) is 3. The molecule has 1 aliphatic carbocycles. The summed E-state index contributed by atoms with van der Waals surface area (Å²) in [5.41, 5.74) is -0.0296. The molecule has 0 saturated carbocycles. The number of alkyl halides is 3. The normalized spacial score (nSPS) is 17.2. The van der Waals surface area contributed by atoms with Crippen LogP contribution in [0.2, 0.25) is 5.02 Å². The molecule has 134 valence electrons. The van der Waals surface area contributed by atoms with Gasteiger partial charge >= 0.3 is 6.18 Å². The average molecular weight is 375 g/mol. The van der Waals surface area contributed by atoms with Crippen molar-refractivity contribution in [1.29, 1.82) is 0 Å². The fraction of sp³-hybridized carbons (Fsp3) is 0.400. The maximum absolute atomic E-state index is 12.9. The topological polar surface area (TPSA) is 73.0 Å². The van der Waals surface area contributed by atoms with Crippen molar-refractivity contribution in [2.24, 2.45) is 7.05 Å². The van der Waals surface area contributed by atoms with Gasteiger partial charge in [-0.3, -0.25) is 14.8 Å². The van der Waals surface area contributed by atoms with Crippen LogP contribution < -0.4 is 5.32 Å². The Balaban J connectivity index is 2.01. The molecule has 1 aromatic heterocycles. The van der Waals surface area contributed by atoms with Crippen molar-refractivity contribution in [2.45, 2.75) is 31.5 Å². The van der Waals surface area contributed by atoms with Gasteiger partial charge in [-0.1, -0.05) is 11.6 Å². The maximum Gasteiger partial charge on any atom is 0.418 e. The first kappa shape index (κ1) is 17.5. The van der Waals surface area contributed by atoms with E-state index in [9.17, 15) is 23.3 Å². The zero-order chi connectivity index (χ0) is 18.4. The largest absolute Gasteiger partial charge is 0.418 e. The molecule has 3 rings (SSSR count). The Morgan fingerprint density at radius 1 is 1.44 bits per heavy atom. The first-order valence-corrected chi connectivity index (χ1v) is 7.88. The van der Waals surface area contributed by atoms with Gasteiger partial charge in [0.1, 0.15) is 5.69 Å². The first-order valence-electron chi connectivity index (χ1n) is 7.51. The van der Waals surface area contributed by atoms with E-state index in [-0.39, 0.29) is 11.7 Å². The zero-order valence-electron chi connectivity index (χ0n) is 13.1. The van der Waals surface area contributed by atoms with E-state index in [1.807, 2.05) is 0 Å². The summed E-state index contributed by atoms with van der Waals surface area (Å²) in [4.78, 5) is 10.4. The van der Waals surface area contributed by atoms with E-state index in [0.29, 0.717) is 12.5 Å². The van der Waals surface area contributed by atoms with Gasteiger partial charge in [0, 0.05) is 24.4 Å². The van der Waals surface area contributed by atoms with Crippen LogP contribution in [0.4, 0.5) is 24.5 Å². The number of nitro benzene ring substituents is 1. The third-order valence-electron chi connectivity index (χ3n) is 4.29. The standard InChI is InChI=1S/C15H14ClF3N4O2/c1-22-13-4-2-3-11(8(13)7-20-22)21-12-6-10(16)9(15(17,18)19)5-14(12)23(24)25/h5-7,11,21H,2-4H2,1H3. The van der Waals surface area contributed by atoms with Crippen molar-refractivity contribution in [3.8, 4) is 0 Å².